The second-order valence-corrected chi connectivity index (χ2v) is 30.3. The molecule has 0 atom stereocenters. The maximum atomic E-state index is 14.6. The van der Waals surface area contributed by atoms with Crippen LogP contribution in [0.4, 0.5) is 10.3 Å². The van der Waals surface area contributed by atoms with E-state index >= 15 is 0 Å². The average molecular weight is 1630 g/mol. The maximum Gasteiger partial charge on any atom is 0.330 e. The van der Waals surface area contributed by atoms with E-state index in [2.05, 4.69) is 27.0 Å². The molecule has 2 aliphatic carbocycles. The summed E-state index contributed by atoms with van der Waals surface area (Å²) < 4.78 is 72.3. The largest absolute Gasteiger partial charge is 0.494 e. The first-order chi connectivity index (χ1) is 56.7. The Hall–Kier alpha value is -10.5. The highest BCUT2D eigenvalue weighted by Crippen LogP contribution is 2.39. The molecule has 0 radical (unpaired) electrons. The lowest BCUT2D eigenvalue weighted by molar-refractivity contribution is -0.145. The lowest BCUT2D eigenvalue weighted by Crippen LogP contribution is -2.30. The van der Waals surface area contributed by atoms with Crippen LogP contribution in [-0.2, 0) is 47.7 Å². The SMILES string of the molecule is C=CC(=O)OCCCCCCOc1ccc(OC(=O)C2CCC(C(=O)Oc3ccc(-c4ccc(OC(=O)C5CCC(C(=O)Oc6ccc(OCCCCCCOC(=O)C=C)cc6)CC5)c(/C=N/N(CCOCCCC)c5nc6ccc(OCC)cc6s5)c4)cc3/C=N/N(CCOCCCC)c3nc4ccc(OCC)cc4s3)CC2)cc1. The van der Waals surface area contributed by atoms with Crippen LogP contribution in [0.15, 0.2) is 157 Å². The van der Waals surface area contributed by atoms with E-state index in [1.165, 1.54) is 22.7 Å². The van der Waals surface area contributed by atoms with Crippen molar-refractivity contribution in [1.29, 1.82) is 0 Å². The molecule has 8 aromatic rings. The number of benzene rings is 6. The molecule has 0 amide bonds. The minimum atomic E-state index is -0.517. The smallest absolute Gasteiger partial charge is 0.330 e. The molecule has 6 aromatic carbocycles. The van der Waals surface area contributed by atoms with Gasteiger partial charge >= 0.3 is 35.8 Å². The van der Waals surface area contributed by atoms with Crippen LogP contribution in [0.25, 0.3) is 31.6 Å². The Bertz CT molecular complexity index is 4260. The van der Waals surface area contributed by atoms with Gasteiger partial charge in [0, 0.05) is 36.5 Å². The van der Waals surface area contributed by atoms with Crippen molar-refractivity contribution in [2.24, 2.45) is 33.9 Å². The molecule has 2 heterocycles. The Kier molecular flexibility index (Phi) is 36.0. The third-order valence-electron chi connectivity index (χ3n) is 19.7. The van der Waals surface area contributed by atoms with Gasteiger partial charge in [-0.05, 0) is 250 Å². The topological polar surface area (TPSA) is 270 Å². The van der Waals surface area contributed by atoms with Crippen molar-refractivity contribution in [3.8, 4) is 57.1 Å². The molecule has 10 rings (SSSR count). The standard InChI is InChI=1S/C90H108N6O18S2/c1-7-13-49-103-55-47-95(89-93-77-43-41-75(105-11-5)59-81(77)115-89)91-61-69-57-67(31-45-79(69)113-87(101)65-27-23-63(24-28-65)85(99)111-73-37-33-71(34-38-73)107-51-19-15-17-21-53-109-83(97)9-3)68-32-46-80(70(58-68)62-92-96(48-56-104-50-14-8-2)90-94-78-44-42-76(106-12-6)60-82(78)116-90)114-88(102)66-29-25-64(26-30-66)86(100)112-74-39-35-72(36-40-74)108-52-20-16-18-22-54-110-84(98)10-4/h9-10,31-46,57-66H,3-4,7-8,11-30,47-56H2,1-2,5-6H3/b91-61+,92-62+. The molecule has 2 fully saturated rings. The predicted octanol–water partition coefficient (Wildman–Crippen LogP) is 18.7. The minimum absolute atomic E-state index is 0.254. The second-order valence-electron chi connectivity index (χ2n) is 28.3. The van der Waals surface area contributed by atoms with Crippen LogP contribution in [0.5, 0.6) is 46.0 Å². The number of hydrogen-bond donors (Lipinski definition) is 0. The lowest BCUT2D eigenvalue weighted by Gasteiger charge is -2.26. The van der Waals surface area contributed by atoms with E-state index in [-0.39, 0.29) is 23.4 Å². The Morgan fingerprint density at radius 1 is 0.397 bits per heavy atom. The Balaban J connectivity index is 0.881. The molecule has 2 saturated carbocycles. The number of carbonyl (C=O) groups is 6. The summed E-state index contributed by atoms with van der Waals surface area (Å²) in [6, 6.07) is 36.5. The highest BCUT2D eigenvalue weighted by atomic mass is 32.1. The van der Waals surface area contributed by atoms with Crippen LogP contribution in [0.3, 0.4) is 0 Å². The zero-order valence-corrected chi connectivity index (χ0v) is 68.7. The minimum Gasteiger partial charge on any atom is -0.494 e. The van der Waals surface area contributed by atoms with E-state index in [0.29, 0.717) is 186 Å². The number of aromatic nitrogens is 2. The van der Waals surface area contributed by atoms with E-state index < -0.39 is 47.5 Å². The highest BCUT2D eigenvalue weighted by Gasteiger charge is 2.35. The molecule has 2 aliphatic rings. The molecule has 0 aliphatic heterocycles. The van der Waals surface area contributed by atoms with E-state index in [1.54, 1.807) is 83.1 Å². The Labute approximate surface area is 687 Å². The number of rotatable bonds is 49. The molecule has 0 saturated heterocycles. The Morgan fingerprint density at radius 2 is 0.750 bits per heavy atom. The van der Waals surface area contributed by atoms with Crippen LogP contribution in [0, 0.1) is 23.7 Å². The molecule has 26 heteroatoms. The second kappa shape index (κ2) is 47.5. The van der Waals surface area contributed by atoms with Crippen molar-refractivity contribution >= 4 is 102 Å². The number of unbranched alkanes of at least 4 members (excludes halogenated alkanes) is 8. The number of ether oxygens (including phenoxy) is 12. The molecular formula is C90H108N6O18S2. The van der Waals surface area contributed by atoms with Crippen LogP contribution in [0.1, 0.15) is 167 Å². The van der Waals surface area contributed by atoms with Crippen LogP contribution in [-0.4, -0.2) is 137 Å². The van der Waals surface area contributed by atoms with Gasteiger partial charge in [0.25, 0.3) is 0 Å². The molecular weight excluding hydrogens is 1520 g/mol. The van der Waals surface area contributed by atoms with Crippen LogP contribution < -0.4 is 47.9 Å². The van der Waals surface area contributed by atoms with Crippen molar-refractivity contribution in [2.75, 3.05) is 89.2 Å². The summed E-state index contributed by atoms with van der Waals surface area (Å²) in [6.45, 7) is 20.3. The van der Waals surface area contributed by atoms with Gasteiger partial charge in [0.15, 0.2) is 0 Å². The number of nitrogens with zero attached hydrogens (tertiary/aromatic N) is 6. The van der Waals surface area contributed by atoms with Gasteiger partial charge in [0.05, 0.1) is 122 Å². The van der Waals surface area contributed by atoms with Gasteiger partial charge in [0.2, 0.25) is 10.3 Å². The molecule has 618 valence electrons. The third-order valence-corrected chi connectivity index (χ3v) is 21.8. The van der Waals surface area contributed by atoms with Gasteiger partial charge in [0.1, 0.15) is 46.0 Å². The first-order valence-corrected chi connectivity index (χ1v) is 42.4. The number of carbonyl (C=O) groups excluding carboxylic acids is 6. The fourth-order valence-electron chi connectivity index (χ4n) is 13.1. The van der Waals surface area contributed by atoms with Gasteiger partial charge in [-0.15, -0.1) is 0 Å². The van der Waals surface area contributed by atoms with Crippen molar-refractivity contribution in [1.82, 2.24) is 9.97 Å². The summed E-state index contributed by atoms with van der Waals surface area (Å²) in [6.07, 6.45) is 19.5. The van der Waals surface area contributed by atoms with E-state index in [4.69, 9.17) is 77.0 Å². The number of anilines is 2. The van der Waals surface area contributed by atoms with E-state index in [0.717, 1.165) is 121 Å². The third kappa shape index (κ3) is 27.9. The molecule has 2 aromatic heterocycles. The zero-order chi connectivity index (χ0) is 81.6. The quantitative estimate of drug-likeness (QED) is 0.00856. The van der Waals surface area contributed by atoms with Gasteiger partial charge in [-0.1, -0.05) is 74.7 Å². The summed E-state index contributed by atoms with van der Waals surface area (Å²) in [7, 11) is 0. The summed E-state index contributed by atoms with van der Waals surface area (Å²) in [5.41, 5.74) is 3.88. The van der Waals surface area contributed by atoms with Crippen molar-refractivity contribution in [3.63, 3.8) is 0 Å². The van der Waals surface area contributed by atoms with Gasteiger partial charge in [-0.3, -0.25) is 19.2 Å². The number of esters is 6. The predicted molar refractivity (Wildman–Crippen MR) is 451 cm³/mol. The number of thiazole rings is 2. The van der Waals surface area contributed by atoms with Gasteiger partial charge in [-0.25, -0.2) is 29.6 Å². The maximum absolute atomic E-state index is 14.6. The number of hydrazone groups is 2. The summed E-state index contributed by atoms with van der Waals surface area (Å²) >= 11 is 2.93. The van der Waals surface area contributed by atoms with Gasteiger partial charge in [-0.2, -0.15) is 10.2 Å². The monoisotopic (exact) mass is 1620 g/mol. The summed E-state index contributed by atoms with van der Waals surface area (Å²) in [5.74, 6) is -0.306. The lowest BCUT2D eigenvalue weighted by atomic mass is 9.82. The summed E-state index contributed by atoms with van der Waals surface area (Å²) in [5, 5.41) is 15.0. The van der Waals surface area contributed by atoms with Crippen molar-refractivity contribution < 1.29 is 85.6 Å². The molecule has 116 heavy (non-hydrogen) atoms. The average Bonchev–Trinajstić information content (AvgIpc) is 1.72. The van der Waals surface area contributed by atoms with Crippen LogP contribution >= 0.6 is 22.7 Å². The summed E-state index contributed by atoms with van der Waals surface area (Å²) in [4.78, 5) is 89.0. The molecule has 0 spiro atoms. The highest BCUT2D eigenvalue weighted by molar-refractivity contribution is 7.22. The molecule has 0 unspecified atom stereocenters. The zero-order valence-electron chi connectivity index (χ0n) is 67.1. The fraction of sp³-hybridized carbons (Fsp3) is 0.444. The van der Waals surface area contributed by atoms with Gasteiger partial charge < -0.3 is 56.8 Å². The first kappa shape index (κ1) is 87.8. The molecule has 0 N–H and O–H groups in total. The molecule has 0 bridgehead atoms. The molecule has 24 nitrogen and oxygen atoms in total. The van der Waals surface area contributed by atoms with Crippen LogP contribution in [0.2, 0.25) is 0 Å². The normalized spacial score (nSPS) is 15.4. The Morgan fingerprint density at radius 3 is 1.11 bits per heavy atom. The fourth-order valence-corrected chi connectivity index (χ4v) is 15.1. The van der Waals surface area contributed by atoms with E-state index in [1.807, 2.05) is 74.5 Å². The van der Waals surface area contributed by atoms with Crippen molar-refractivity contribution in [2.45, 2.75) is 156 Å². The van der Waals surface area contributed by atoms with Crippen molar-refractivity contribution in [3.05, 3.63) is 158 Å². The van der Waals surface area contributed by atoms with E-state index in [9.17, 15) is 28.8 Å². The number of fused-ring (bicyclic) bond motifs is 2. The first-order valence-electron chi connectivity index (χ1n) is 40.7. The number of hydrogen-bond acceptors (Lipinski definition) is 26.